The first-order valence-electron chi connectivity index (χ1n) is 10.0. The standard InChI is InChI=1S/C23H24F3N3O3/c1-31-21-13-17(7-9-20(21)32-16-23(24,25)26)8-10-22(30)27-14-18-3-5-19(6-4-18)15-29-12-2-11-28-29/h2-7,9,11-13H,8,10,14-16H2,1H3,(H,27,30). The molecule has 3 aromatic rings. The van der Waals surface area contributed by atoms with Crippen LogP contribution in [0.4, 0.5) is 13.2 Å². The number of amides is 1. The quantitative estimate of drug-likeness (QED) is 0.508. The molecule has 2 aromatic carbocycles. The monoisotopic (exact) mass is 447 g/mol. The van der Waals surface area contributed by atoms with Crippen molar-refractivity contribution in [1.82, 2.24) is 15.1 Å². The number of carbonyl (C=O) groups excluding carboxylic acids is 1. The van der Waals surface area contributed by atoms with Crippen LogP contribution >= 0.6 is 0 Å². The van der Waals surface area contributed by atoms with Crippen LogP contribution in [0.5, 0.6) is 11.5 Å². The third-order valence-corrected chi connectivity index (χ3v) is 4.68. The number of alkyl halides is 3. The van der Waals surface area contributed by atoms with E-state index in [9.17, 15) is 18.0 Å². The molecule has 0 aliphatic heterocycles. The summed E-state index contributed by atoms with van der Waals surface area (Å²) in [6, 6.07) is 14.4. The van der Waals surface area contributed by atoms with Crippen molar-refractivity contribution in [3.63, 3.8) is 0 Å². The summed E-state index contributed by atoms with van der Waals surface area (Å²) in [6.07, 6.45) is -0.140. The second kappa shape index (κ2) is 10.7. The Bertz CT molecular complexity index is 1000. The van der Waals surface area contributed by atoms with Crippen LogP contribution in [0.2, 0.25) is 0 Å². The van der Waals surface area contributed by atoms with Gasteiger partial charge in [-0.25, -0.2) is 0 Å². The van der Waals surface area contributed by atoms with Gasteiger partial charge < -0.3 is 14.8 Å². The van der Waals surface area contributed by atoms with Crippen molar-refractivity contribution in [2.45, 2.75) is 32.1 Å². The Morgan fingerprint density at radius 2 is 1.78 bits per heavy atom. The molecular formula is C23H24F3N3O3. The van der Waals surface area contributed by atoms with E-state index < -0.39 is 12.8 Å². The van der Waals surface area contributed by atoms with Crippen molar-refractivity contribution < 1.29 is 27.4 Å². The minimum atomic E-state index is -4.43. The summed E-state index contributed by atoms with van der Waals surface area (Å²) in [7, 11) is 1.35. The van der Waals surface area contributed by atoms with Crippen LogP contribution in [-0.4, -0.2) is 35.6 Å². The van der Waals surface area contributed by atoms with Crippen LogP contribution in [0.3, 0.4) is 0 Å². The van der Waals surface area contributed by atoms with Crippen molar-refractivity contribution in [2.75, 3.05) is 13.7 Å². The van der Waals surface area contributed by atoms with Gasteiger partial charge in [-0.05, 0) is 41.3 Å². The van der Waals surface area contributed by atoms with Gasteiger partial charge in [0.25, 0.3) is 0 Å². The Morgan fingerprint density at radius 3 is 2.44 bits per heavy atom. The molecule has 1 heterocycles. The minimum absolute atomic E-state index is 0.00836. The molecule has 1 aromatic heterocycles. The van der Waals surface area contributed by atoms with Gasteiger partial charge in [0.2, 0.25) is 5.91 Å². The van der Waals surface area contributed by atoms with Crippen molar-refractivity contribution >= 4 is 5.91 Å². The molecule has 3 rings (SSSR count). The zero-order valence-corrected chi connectivity index (χ0v) is 17.6. The lowest BCUT2D eigenvalue weighted by atomic mass is 10.1. The van der Waals surface area contributed by atoms with Gasteiger partial charge in [-0.2, -0.15) is 18.3 Å². The molecule has 0 aliphatic rings. The molecule has 170 valence electrons. The number of aryl methyl sites for hydroxylation is 1. The van der Waals surface area contributed by atoms with Crippen LogP contribution < -0.4 is 14.8 Å². The Kier molecular flexibility index (Phi) is 7.75. The second-order valence-electron chi connectivity index (χ2n) is 7.19. The first kappa shape index (κ1) is 23.2. The van der Waals surface area contributed by atoms with E-state index in [2.05, 4.69) is 10.4 Å². The van der Waals surface area contributed by atoms with E-state index in [1.54, 1.807) is 18.3 Å². The normalized spacial score (nSPS) is 11.2. The molecule has 0 aliphatic carbocycles. The number of rotatable bonds is 10. The summed E-state index contributed by atoms with van der Waals surface area (Å²) in [4.78, 5) is 12.2. The molecule has 1 N–H and O–H groups in total. The zero-order chi connectivity index (χ0) is 23.0. The molecule has 0 bridgehead atoms. The SMILES string of the molecule is COc1cc(CCC(=O)NCc2ccc(Cn3cccn3)cc2)ccc1OCC(F)(F)F. The smallest absolute Gasteiger partial charge is 0.422 e. The van der Waals surface area contributed by atoms with Crippen molar-refractivity contribution in [3.05, 3.63) is 77.6 Å². The molecule has 9 heteroatoms. The Balaban J connectivity index is 1.45. The number of halogens is 3. The van der Waals surface area contributed by atoms with Gasteiger partial charge in [0, 0.05) is 25.4 Å². The first-order valence-corrected chi connectivity index (χ1v) is 10.0. The molecule has 6 nitrogen and oxygen atoms in total. The molecular weight excluding hydrogens is 423 g/mol. The van der Waals surface area contributed by atoms with Crippen LogP contribution in [0.25, 0.3) is 0 Å². The number of nitrogens with one attached hydrogen (secondary N) is 1. The highest BCUT2D eigenvalue weighted by Gasteiger charge is 2.29. The number of hydrogen-bond donors (Lipinski definition) is 1. The van der Waals surface area contributed by atoms with Crippen LogP contribution in [-0.2, 0) is 24.3 Å². The Morgan fingerprint density at radius 1 is 1.06 bits per heavy atom. The van der Waals surface area contributed by atoms with E-state index in [1.165, 1.54) is 13.2 Å². The van der Waals surface area contributed by atoms with Gasteiger partial charge in [-0.3, -0.25) is 9.48 Å². The van der Waals surface area contributed by atoms with E-state index >= 15 is 0 Å². The van der Waals surface area contributed by atoms with E-state index in [4.69, 9.17) is 9.47 Å². The van der Waals surface area contributed by atoms with Gasteiger partial charge in [-0.15, -0.1) is 0 Å². The lowest BCUT2D eigenvalue weighted by Crippen LogP contribution is -2.23. The first-order chi connectivity index (χ1) is 15.3. The predicted octanol–water partition coefficient (Wildman–Crippen LogP) is 4.13. The van der Waals surface area contributed by atoms with E-state index in [-0.39, 0.29) is 23.8 Å². The van der Waals surface area contributed by atoms with E-state index in [1.807, 2.05) is 41.2 Å². The molecule has 0 radical (unpaired) electrons. The summed E-state index contributed by atoms with van der Waals surface area (Å²) >= 11 is 0. The average molecular weight is 447 g/mol. The maximum atomic E-state index is 12.3. The highest BCUT2D eigenvalue weighted by atomic mass is 19.4. The van der Waals surface area contributed by atoms with Gasteiger partial charge >= 0.3 is 6.18 Å². The molecule has 0 spiro atoms. The number of benzene rings is 2. The highest BCUT2D eigenvalue weighted by Crippen LogP contribution is 2.30. The maximum Gasteiger partial charge on any atom is 0.422 e. The van der Waals surface area contributed by atoms with E-state index in [0.717, 1.165) is 16.7 Å². The van der Waals surface area contributed by atoms with Crippen molar-refractivity contribution in [1.29, 1.82) is 0 Å². The Labute approximate surface area is 184 Å². The third kappa shape index (κ3) is 7.33. The van der Waals surface area contributed by atoms with Gasteiger partial charge in [-0.1, -0.05) is 30.3 Å². The highest BCUT2D eigenvalue weighted by molar-refractivity contribution is 5.76. The topological polar surface area (TPSA) is 65.4 Å². The number of ether oxygens (including phenoxy) is 2. The van der Waals surface area contributed by atoms with Crippen LogP contribution in [0, 0.1) is 0 Å². The summed E-state index contributed by atoms with van der Waals surface area (Å²) in [5.74, 6) is 0.0818. The summed E-state index contributed by atoms with van der Waals surface area (Å²) in [5, 5.41) is 7.05. The van der Waals surface area contributed by atoms with Gasteiger partial charge in [0.15, 0.2) is 18.1 Å². The van der Waals surface area contributed by atoms with Gasteiger partial charge in [0.05, 0.1) is 13.7 Å². The summed E-state index contributed by atoms with van der Waals surface area (Å²) < 4.78 is 48.7. The van der Waals surface area contributed by atoms with Gasteiger partial charge in [0.1, 0.15) is 0 Å². The second-order valence-corrected chi connectivity index (χ2v) is 7.19. The third-order valence-electron chi connectivity index (χ3n) is 4.68. The lowest BCUT2D eigenvalue weighted by Gasteiger charge is -2.13. The summed E-state index contributed by atoms with van der Waals surface area (Å²) in [5.41, 5.74) is 2.86. The fraction of sp³-hybridized carbons (Fsp3) is 0.304. The Hall–Kier alpha value is -3.49. The zero-order valence-electron chi connectivity index (χ0n) is 17.6. The van der Waals surface area contributed by atoms with Crippen LogP contribution in [0.15, 0.2) is 60.9 Å². The largest absolute Gasteiger partial charge is 0.493 e. The lowest BCUT2D eigenvalue weighted by molar-refractivity contribution is -0.153. The van der Waals surface area contributed by atoms with E-state index in [0.29, 0.717) is 19.5 Å². The maximum absolute atomic E-state index is 12.3. The predicted molar refractivity (Wildman–Crippen MR) is 112 cm³/mol. The fourth-order valence-electron chi connectivity index (χ4n) is 3.04. The molecule has 0 saturated heterocycles. The minimum Gasteiger partial charge on any atom is -0.493 e. The number of aromatic nitrogens is 2. The number of hydrogen-bond acceptors (Lipinski definition) is 4. The number of carbonyl (C=O) groups is 1. The molecule has 0 fully saturated rings. The molecule has 0 unspecified atom stereocenters. The fourth-order valence-corrected chi connectivity index (χ4v) is 3.04. The molecule has 0 atom stereocenters. The molecule has 0 saturated carbocycles. The number of nitrogens with zero attached hydrogens (tertiary/aromatic N) is 2. The molecule has 32 heavy (non-hydrogen) atoms. The molecule has 1 amide bonds. The van der Waals surface area contributed by atoms with Crippen molar-refractivity contribution in [2.24, 2.45) is 0 Å². The average Bonchev–Trinajstić information content (AvgIpc) is 3.28. The van der Waals surface area contributed by atoms with Crippen molar-refractivity contribution in [3.8, 4) is 11.5 Å². The van der Waals surface area contributed by atoms with Crippen LogP contribution in [0.1, 0.15) is 23.1 Å². The summed E-state index contributed by atoms with van der Waals surface area (Å²) in [6.45, 7) is -0.299. The number of methoxy groups -OCH3 is 1.